The van der Waals surface area contributed by atoms with E-state index >= 15 is 0 Å². The smallest absolute Gasteiger partial charge is 0.439 e. The van der Waals surface area contributed by atoms with Gasteiger partial charge in [-0.1, -0.05) is 78.0 Å². The van der Waals surface area contributed by atoms with E-state index in [2.05, 4.69) is 75.4 Å². The second kappa shape index (κ2) is 9.85. The predicted octanol–water partition coefficient (Wildman–Crippen LogP) is 6.22. The Hall–Kier alpha value is -5.17. The molecule has 0 unspecified atom stereocenters. The Morgan fingerprint density at radius 3 is 2.55 bits per heavy atom. The van der Waals surface area contributed by atoms with E-state index in [1.165, 1.54) is 5.56 Å². The number of ether oxygens (including phenoxy) is 1. The maximum absolute atomic E-state index is 11.7. The first kappa shape index (κ1) is 23.9. The van der Waals surface area contributed by atoms with Crippen molar-refractivity contribution in [1.82, 2.24) is 19.7 Å². The summed E-state index contributed by atoms with van der Waals surface area (Å²) in [5.74, 6) is 1.63. The fourth-order valence-corrected chi connectivity index (χ4v) is 5.52. The van der Waals surface area contributed by atoms with Crippen molar-refractivity contribution in [1.29, 1.82) is 0 Å². The Kier molecular flexibility index (Phi) is 5.89. The highest BCUT2D eigenvalue weighted by Gasteiger charge is 2.23. The minimum absolute atomic E-state index is 0.405. The third-order valence-electron chi connectivity index (χ3n) is 7.43. The molecule has 1 aliphatic rings. The maximum Gasteiger partial charge on any atom is 0.439 e. The van der Waals surface area contributed by atoms with Crippen molar-refractivity contribution in [3.63, 3.8) is 0 Å². The molecule has 40 heavy (non-hydrogen) atoms. The number of nitrogens with zero attached hydrogens (tertiary/aromatic N) is 3. The summed E-state index contributed by atoms with van der Waals surface area (Å²) in [7, 11) is 0. The summed E-state index contributed by atoms with van der Waals surface area (Å²) in [6.07, 6.45) is 0.751. The van der Waals surface area contributed by atoms with Crippen LogP contribution in [0.4, 0.5) is 0 Å². The van der Waals surface area contributed by atoms with Gasteiger partial charge in [0.05, 0.1) is 11.0 Å². The van der Waals surface area contributed by atoms with Crippen LogP contribution in [0, 0.1) is 0 Å². The molecule has 0 radical (unpaired) electrons. The number of aromatic amines is 1. The third-order valence-corrected chi connectivity index (χ3v) is 7.43. The Morgan fingerprint density at radius 1 is 0.900 bits per heavy atom. The van der Waals surface area contributed by atoms with E-state index in [-0.39, 0.29) is 0 Å². The molecule has 0 atom stereocenters. The molecule has 1 aliphatic heterocycles. The molecule has 0 spiro atoms. The summed E-state index contributed by atoms with van der Waals surface area (Å²) >= 11 is 0. The number of imidazole rings is 1. The molecule has 196 valence electrons. The second-order valence-electron chi connectivity index (χ2n) is 9.99. The Balaban J connectivity index is 1.33. The molecule has 0 aliphatic carbocycles. The minimum Gasteiger partial charge on any atom is -0.488 e. The van der Waals surface area contributed by atoms with Gasteiger partial charge in [-0.25, -0.2) is 9.78 Å². The van der Waals surface area contributed by atoms with Crippen LogP contribution in [0.2, 0.25) is 0 Å². The molecule has 0 fully saturated rings. The molecule has 3 heterocycles. The zero-order valence-electron chi connectivity index (χ0n) is 21.9. The Morgan fingerprint density at radius 2 is 1.70 bits per heavy atom. The van der Waals surface area contributed by atoms with Crippen LogP contribution in [-0.2, 0) is 19.6 Å². The lowest BCUT2D eigenvalue weighted by atomic mass is 9.89. The molecule has 7 nitrogen and oxygen atoms in total. The normalized spacial score (nSPS) is 13.8. The number of rotatable bonds is 5. The van der Waals surface area contributed by atoms with Gasteiger partial charge in [0.25, 0.3) is 0 Å². The van der Waals surface area contributed by atoms with Crippen molar-refractivity contribution in [2.75, 3.05) is 0 Å². The van der Waals surface area contributed by atoms with Gasteiger partial charge >= 0.3 is 5.76 Å². The fourth-order valence-electron chi connectivity index (χ4n) is 5.52. The van der Waals surface area contributed by atoms with Crippen molar-refractivity contribution in [2.24, 2.45) is 0 Å². The monoisotopic (exact) mass is 526 g/mol. The molecule has 0 bridgehead atoms. The molecule has 7 rings (SSSR count). The number of para-hydroxylation sites is 3. The zero-order valence-corrected chi connectivity index (χ0v) is 21.9. The first-order valence-corrected chi connectivity index (χ1v) is 13.2. The molecule has 1 N–H and O–H groups in total. The number of allylic oxidation sites excluding steroid dienone is 1. The van der Waals surface area contributed by atoms with Crippen molar-refractivity contribution in [3.8, 4) is 5.75 Å². The number of fused-ring (bicyclic) bond motifs is 3. The third kappa shape index (κ3) is 4.31. The van der Waals surface area contributed by atoms with E-state index in [0.717, 1.165) is 62.4 Å². The van der Waals surface area contributed by atoms with E-state index in [1.807, 2.05) is 43.3 Å². The van der Waals surface area contributed by atoms with Crippen molar-refractivity contribution >= 4 is 22.2 Å². The number of aromatic nitrogens is 4. The molecule has 0 amide bonds. The summed E-state index contributed by atoms with van der Waals surface area (Å²) in [4.78, 5) is 19.4. The van der Waals surface area contributed by atoms with Crippen LogP contribution in [0.3, 0.4) is 0 Å². The lowest BCUT2D eigenvalue weighted by molar-refractivity contribution is 0.307. The predicted molar refractivity (Wildman–Crippen MR) is 154 cm³/mol. The summed E-state index contributed by atoms with van der Waals surface area (Å²) < 4.78 is 13.4. The van der Waals surface area contributed by atoms with Gasteiger partial charge in [-0.15, -0.1) is 0 Å². The molecule has 0 saturated carbocycles. The van der Waals surface area contributed by atoms with Gasteiger partial charge in [0, 0.05) is 24.1 Å². The van der Waals surface area contributed by atoms with Crippen molar-refractivity contribution in [3.05, 3.63) is 147 Å². The molecule has 6 aromatic rings. The van der Waals surface area contributed by atoms with Crippen molar-refractivity contribution < 1.29 is 9.26 Å². The van der Waals surface area contributed by atoms with Gasteiger partial charge in [-0.2, -0.15) is 0 Å². The average molecular weight is 527 g/mol. The highest BCUT2D eigenvalue weighted by atomic mass is 16.5. The topological polar surface area (TPSA) is 85.9 Å². The SMILES string of the molecule is C/C(=C1/c2ccc(Cn3c(Cc4ccccc4)nc4ccccc43)cc2COc2ccccc21)c1noc(=O)[nH]1. The van der Waals surface area contributed by atoms with E-state index in [0.29, 0.717) is 19.0 Å². The number of nitrogens with one attached hydrogen (secondary N) is 1. The molecular formula is C33H26N4O3. The van der Waals surface area contributed by atoms with Gasteiger partial charge in [0.15, 0.2) is 5.82 Å². The highest BCUT2D eigenvalue weighted by Crippen LogP contribution is 2.40. The minimum atomic E-state index is -0.581. The zero-order chi connectivity index (χ0) is 27.1. The lowest BCUT2D eigenvalue weighted by Gasteiger charge is -2.15. The van der Waals surface area contributed by atoms with E-state index in [1.54, 1.807) is 0 Å². The van der Waals surface area contributed by atoms with Crippen LogP contribution in [0.1, 0.15) is 46.4 Å². The molecular weight excluding hydrogens is 500 g/mol. The van der Waals surface area contributed by atoms with E-state index in [9.17, 15) is 4.79 Å². The number of H-pyrrole nitrogens is 1. The van der Waals surface area contributed by atoms with E-state index < -0.39 is 5.76 Å². The number of hydrogen-bond donors (Lipinski definition) is 1. The quantitative estimate of drug-likeness (QED) is 0.288. The first-order valence-electron chi connectivity index (χ1n) is 13.2. The van der Waals surface area contributed by atoms with Gasteiger partial charge in [0.2, 0.25) is 0 Å². The molecule has 2 aromatic heterocycles. The van der Waals surface area contributed by atoms with Gasteiger partial charge in [-0.05, 0) is 59.0 Å². The lowest BCUT2D eigenvalue weighted by Crippen LogP contribution is -2.07. The number of hydrogen-bond acceptors (Lipinski definition) is 5. The highest BCUT2D eigenvalue weighted by molar-refractivity contribution is 5.99. The standard InChI is InChI=1S/C33H26N4O3/c1-21(32-35-33(38)40-36-32)31-25-16-15-23(17-24(25)20-39-29-14-8-5-11-26(29)31)19-37-28-13-7-6-12-27(28)34-30(37)18-22-9-3-2-4-10-22/h2-17H,18-20H2,1H3,(H,35,36,38)/b31-21+. The van der Waals surface area contributed by atoms with Crippen LogP contribution >= 0.6 is 0 Å². The van der Waals surface area contributed by atoms with Crippen LogP contribution in [0.5, 0.6) is 5.75 Å². The van der Waals surface area contributed by atoms with Crippen LogP contribution in [-0.4, -0.2) is 19.7 Å². The first-order chi connectivity index (χ1) is 19.6. The molecule has 0 saturated heterocycles. The van der Waals surface area contributed by atoms with Crippen molar-refractivity contribution in [2.45, 2.75) is 26.5 Å². The van der Waals surface area contributed by atoms with Gasteiger partial charge < -0.3 is 9.30 Å². The Bertz CT molecular complexity index is 1950. The fraction of sp³-hybridized carbons (Fsp3) is 0.121. The maximum atomic E-state index is 11.7. The van der Waals surface area contributed by atoms with Crippen LogP contribution in [0.25, 0.3) is 22.2 Å². The Labute approximate surface area is 230 Å². The summed E-state index contributed by atoms with van der Waals surface area (Å²) in [6.45, 7) is 3.04. The molecule has 4 aromatic carbocycles. The molecule has 7 heteroatoms. The summed E-state index contributed by atoms with van der Waals surface area (Å²) in [6, 6.07) is 33.2. The van der Waals surface area contributed by atoms with Gasteiger partial charge in [0.1, 0.15) is 18.2 Å². The summed E-state index contributed by atoms with van der Waals surface area (Å²) in [5.41, 5.74) is 9.28. The number of benzene rings is 4. The van der Waals surface area contributed by atoms with Crippen LogP contribution < -0.4 is 10.5 Å². The summed E-state index contributed by atoms with van der Waals surface area (Å²) in [5, 5.41) is 3.96. The second-order valence-corrected chi connectivity index (χ2v) is 9.99. The van der Waals surface area contributed by atoms with E-state index in [4.69, 9.17) is 14.2 Å². The van der Waals surface area contributed by atoms with Crippen LogP contribution in [0.15, 0.2) is 106 Å². The average Bonchev–Trinajstić information content (AvgIpc) is 3.52. The largest absolute Gasteiger partial charge is 0.488 e. The van der Waals surface area contributed by atoms with Gasteiger partial charge in [-0.3, -0.25) is 9.51 Å².